The molecule has 60 valence electrons. The number of para-hydroxylation sites is 1. The summed E-state index contributed by atoms with van der Waals surface area (Å²) < 4.78 is 5.24. The van der Waals surface area contributed by atoms with Gasteiger partial charge in [0.2, 0.25) is 0 Å². The van der Waals surface area contributed by atoms with Crippen molar-refractivity contribution in [2.45, 2.75) is 0 Å². The third kappa shape index (κ3) is 1.86. The van der Waals surface area contributed by atoms with E-state index in [9.17, 15) is 0 Å². The Morgan fingerprint density at radius 2 is 2.25 bits per heavy atom. The van der Waals surface area contributed by atoms with Crippen LogP contribution in [0.2, 0.25) is 0 Å². The Morgan fingerprint density at radius 3 is 2.92 bits per heavy atom. The normalized spacial score (nSPS) is 8.58. The first kappa shape index (κ1) is 8.35. The number of benzene rings is 1. The van der Waals surface area contributed by atoms with Crippen molar-refractivity contribution < 1.29 is 4.74 Å². The van der Waals surface area contributed by atoms with Gasteiger partial charge in [-0.25, -0.2) is 0 Å². The molecule has 0 heterocycles. The van der Waals surface area contributed by atoms with Gasteiger partial charge in [-0.2, -0.15) is 5.26 Å². The van der Waals surface area contributed by atoms with E-state index < -0.39 is 0 Å². The lowest BCUT2D eigenvalue weighted by molar-refractivity contribution is 0.362. The summed E-state index contributed by atoms with van der Waals surface area (Å²) in [4.78, 5) is 0. The molecule has 0 aliphatic heterocycles. The van der Waals surface area contributed by atoms with Crippen LogP contribution < -0.4 is 4.74 Å². The van der Waals surface area contributed by atoms with Crippen LogP contribution >= 0.6 is 0 Å². The predicted octanol–water partition coefficient (Wildman–Crippen LogP) is 2.12. The van der Waals surface area contributed by atoms with Crippen molar-refractivity contribution in [2.24, 2.45) is 0 Å². The van der Waals surface area contributed by atoms with E-state index in [-0.39, 0.29) is 0 Å². The van der Waals surface area contributed by atoms with Gasteiger partial charge in [0.25, 0.3) is 0 Å². The molecule has 0 saturated carbocycles. The molecule has 1 aromatic rings. The van der Waals surface area contributed by atoms with Gasteiger partial charge in [0.15, 0.2) is 0 Å². The van der Waals surface area contributed by atoms with Crippen molar-refractivity contribution >= 4 is 0 Å². The summed E-state index contributed by atoms with van der Waals surface area (Å²) in [6.07, 6.45) is 1.65. The first-order valence-electron chi connectivity index (χ1n) is 3.61. The zero-order valence-electron chi connectivity index (χ0n) is 6.66. The molecule has 0 fully saturated rings. The lowest BCUT2D eigenvalue weighted by atomic mass is 10.2. The van der Waals surface area contributed by atoms with Crippen molar-refractivity contribution in [3.8, 4) is 11.8 Å². The highest BCUT2D eigenvalue weighted by molar-refractivity contribution is 5.42. The maximum absolute atomic E-state index is 8.66. The molecule has 1 aromatic carbocycles. The van der Waals surface area contributed by atoms with Crippen molar-refractivity contribution in [2.75, 3.05) is 6.61 Å². The van der Waals surface area contributed by atoms with Crippen molar-refractivity contribution in [3.63, 3.8) is 0 Å². The average molecular weight is 159 g/mol. The fourth-order valence-electron chi connectivity index (χ4n) is 0.834. The highest BCUT2D eigenvalue weighted by atomic mass is 16.5. The van der Waals surface area contributed by atoms with Crippen molar-refractivity contribution in [1.29, 1.82) is 5.26 Å². The van der Waals surface area contributed by atoms with Gasteiger partial charge in [-0.05, 0) is 12.1 Å². The second-order valence-electron chi connectivity index (χ2n) is 2.21. The molecule has 12 heavy (non-hydrogen) atoms. The molecule has 0 aliphatic rings. The molecular weight excluding hydrogens is 150 g/mol. The number of nitrogens with zero attached hydrogens (tertiary/aromatic N) is 1. The molecule has 1 rings (SSSR count). The molecule has 0 amide bonds. The molecule has 0 atom stereocenters. The Kier molecular flexibility index (Phi) is 2.92. The van der Waals surface area contributed by atoms with Crippen molar-refractivity contribution in [3.05, 3.63) is 42.5 Å². The van der Waals surface area contributed by atoms with Crippen LogP contribution in [0.25, 0.3) is 0 Å². The van der Waals surface area contributed by atoms with E-state index in [4.69, 9.17) is 10.00 Å². The quantitative estimate of drug-likeness (QED) is 0.633. The molecular formula is C10H9NO. The SMILES string of the molecule is C=CCOc1ccccc1C#N. The number of ether oxygens (including phenoxy) is 1. The topological polar surface area (TPSA) is 33.0 Å². The minimum atomic E-state index is 0.429. The van der Waals surface area contributed by atoms with Gasteiger partial charge < -0.3 is 4.74 Å². The van der Waals surface area contributed by atoms with Crippen LogP contribution in [-0.2, 0) is 0 Å². The van der Waals surface area contributed by atoms with Crippen LogP contribution in [0, 0.1) is 11.3 Å². The van der Waals surface area contributed by atoms with E-state index in [1.807, 2.05) is 12.1 Å². The molecule has 2 heteroatoms. The Hall–Kier alpha value is -1.75. The lowest BCUT2D eigenvalue weighted by Crippen LogP contribution is -1.94. The molecule has 0 radical (unpaired) electrons. The van der Waals surface area contributed by atoms with Crippen LogP contribution in [-0.4, -0.2) is 6.61 Å². The molecule has 0 bridgehead atoms. The maximum atomic E-state index is 8.66. The van der Waals surface area contributed by atoms with Gasteiger partial charge in [-0.3, -0.25) is 0 Å². The van der Waals surface area contributed by atoms with Crippen LogP contribution in [0.15, 0.2) is 36.9 Å². The number of hydrogen-bond donors (Lipinski definition) is 0. The van der Waals surface area contributed by atoms with Gasteiger partial charge in [0.05, 0.1) is 5.56 Å². The highest BCUT2D eigenvalue weighted by Gasteiger charge is 1.98. The summed E-state index contributed by atoms with van der Waals surface area (Å²) in [5.41, 5.74) is 0.555. The third-order valence-corrected chi connectivity index (χ3v) is 1.36. The molecule has 0 unspecified atom stereocenters. The van der Waals surface area contributed by atoms with Crippen LogP contribution in [0.5, 0.6) is 5.75 Å². The van der Waals surface area contributed by atoms with Crippen LogP contribution in [0.3, 0.4) is 0 Å². The van der Waals surface area contributed by atoms with Crippen LogP contribution in [0.1, 0.15) is 5.56 Å². The Labute approximate surface area is 71.7 Å². The fraction of sp³-hybridized carbons (Fsp3) is 0.100. The standard InChI is InChI=1S/C10H9NO/c1-2-7-12-10-6-4-3-5-9(10)8-11/h2-6H,1,7H2. The number of nitriles is 1. The minimum absolute atomic E-state index is 0.429. The van der Waals surface area contributed by atoms with Gasteiger partial charge in [0.1, 0.15) is 18.4 Å². The lowest BCUT2D eigenvalue weighted by Gasteiger charge is -2.03. The summed E-state index contributed by atoms with van der Waals surface area (Å²) >= 11 is 0. The Balaban J connectivity index is 2.83. The van der Waals surface area contributed by atoms with Gasteiger partial charge in [-0.15, -0.1) is 0 Å². The van der Waals surface area contributed by atoms with E-state index in [2.05, 4.69) is 6.58 Å². The zero-order valence-corrected chi connectivity index (χ0v) is 6.66. The second kappa shape index (κ2) is 4.20. The number of hydrogen-bond acceptors (Lipinski definition) is 2. The minimum Gasteiger partial charge on any atom is -0.488 e. The average Bonchev–Trinajstić information content (AvgIpc) is 2.15. The van der Waals surface area contributed by atoms with Crippen LogP contribution in [0.4, 0.5) is 0 Å². The fourth-order valence-corrected chi connectivity index (χ4v) is 0.834. The summed E-state index contributed by atoms with van der Waals surface area (Å²) in [6.45, 7) is 3.95. The van der Waals surface area contributed by atoms with Gasteiger partial charge in [-0.1, -0.05) is 24.8 Å². The first-order chi connectivity index (χ1) is 5.88. The second-order valence-corrected chi connectivity index (χ2v) is 2.21. The smallest absolute Gasteiger partial charge is 0.137 e. The first-order valence-corrected chi connectivity index (χ1v) is 3.61. The molecule has 0 N–H and O–H groups in total. The predicted molar refractivity (Wildman–Crippen MR) is 46.8 cm³/mol. The van der Waals surface area contributed by atoms with E-state index >= 15 is 0 Å². The monoisotopic (exact) mass is 159 g/mol. The molecule has 2 nitrogen and oxygen atoms in total. The zero-order chi connectivity index (χ0) is 8.81. The third-order valence-electron chi connectivity index (χ3n) is 1.36. The molecule has 0 aromatic heterocycles. The highest BCUT2D eigenvalue weighted by Crippen LogP contribution is 2.15. The van der Waals surface area contributed by atoms with E-state index in [1.165, 1.54) is 0 Å². The van der Waals surface area contributed by atoms with Gasteiger partial charge >= 0.3 is 0 Å². The summed E-state index contributed by atoms with van der Waals surface area (Å²) in [6, 6.07) is 9.17. The summed E-state index contributed by atoms with van der Waals surface area (Å²) in [5.74, 6) is 0.611. The number of rotatable bonds is 3. The molecule has 0 aliphatic carbocycles. The Morgan fingerprint density at radius 1 is 1.50 bits per heavy atom. The van der Waals surface area contributed by atoms with Gasteiger partial charge in [0, 0.05) is 0 Å². The summed E-state index contributed by atoms with van der Waals surface area (Å²) in [5, 5.41) is 8.66. The molecule has 0 saturated heterocycles. The van der Waals surface area contributed by atoms with E-state index in [1.54, 1.807) is 24.3 Å². The maximum Gasteiger partial charge on any atom is 0.137 e. The largest absolute Gasteiger partial charge is 0.488 e. The summed E-state index contributed by atoms with van der Waals surface area (Å²) in [7, 11) is 0. The van der Waals surface area contributed by atoms with E-state index in [0.29, 0.717) is 17.9 Å². The van der Waals surface area contributed by atoms with Crippen molar-refractivity contribution in [1.82, 2.24) is 0 Å². The Bertz CT molecular complexity index is 312. The van der Waals surface area contributed by atoms with E-state index in [0.717, 1.165) is 0 Å². The molecule has 0 spiro atoms.